The van der Waals surface area contributed by atoms with Gasteiger partial charge in [0.15, 0.2) is 0 Å². The zero-order valence-corrected chi connectivity index (χ0v) is 15.3. The van der Waals surface area contributed by atoms with Crippen LogP contribution in [0.2, 0.25) is 5.04 Å². The van der Waals surface area contributed by atoms with Crippen LogP contribution in [0.5, 0.6) is 0 Å². The summed E-state index contributed by atoms with van der Waals surface area (Å²) in [6, 6.07) is 22.0. The van der Waals surface area contributed by atoms with Crippen molar-refractivity contribution in [2.45, 2.75) is 31.9 Å². The maximum Gasteiger partial charge on any atom is 0.108 e. The van der Waals surface area contributed by atoms with Crippen molar-refractivity contribution < 1.29 is 15.3 Å². The molecule has 0 aliphatic heterocycles. The van der Waals surface area contributed by atoms with Crippen molar-refractivity contribution in [3.63, 3.8) is 0 Å². The predicted molar refractivity (Wildman–Crippen MR) is 99.2 cm³/mol. The highest BCUT2D eigenvalue weighted by molar-refractivity contribution is 6.87. The molecule has 0 saturated carbocycles. The first kappa shape index (κ1) is 19.6. The van der Waals surface area contributed by atoms with Gasteiger partial charge in [-0.1, -0.05) is 91.8 Å². The summed E-state index contributed by atoms with van der Waals surface area (Å²) in [5.41, 5.74) is 0. The molecule has 0 aliphatic carbocycles. The fourth-order valence-corrected chi connectivity index (χ4v) is 6.14. The fraction of sp³-hybridized carbons (Fsp3) is 0.368. The average molecular weight is 333 g/mol. The van der Waals surface area contributed by atoms with Crippen LogP contribution in [-0.2, 0) is 0 Å². The van der Waals surface area contributed by atoms with Gasteiger partial charge in [0.2, 0.25) is 0 Å². The Kier molecular flexibility index (Phi) is 8.20. The van der Waals surface area contributed by atoms with Crippen LogP contribution in [-0.4, -0.2) is 43.4 Å². The molecular formula is C19H28O3Si. The van der Waals surface area contributed by atoms with Gasteiger partial charge in [0.25, 0.3) is 0 Å². The molecule has 2 rings (SSSR count). The van der Waals surface area contributed by atoms with Crippen LogP contribution in [0, 0.1) is 0 Å². The van der Waals surface area contributed by atoms with E-state index in [1.54, 1.807) is 0 Å². The van der Waals surface area contributed by atoms with E-state index in [-0.39, 0.29) is 13.2 Å². The van der Waals surface area contributed by atoms with Crippen LogP contribution in [0.15, 0.2) is 60.7 Å². The summed E-state index contributed by atoms with van der Waals surface area (Å²) >= 11 is 0. The molecule has 0 aromatic heterocycles. The first-order valence-electron chi connectivity index (χ1n) is 7.89. The van der Waals surface area contributed by atoms with Gasteiger partial charge in [0, 0.05) is 0 Å². The van der Waals surface area contributed by atoms with Crippen LogP contribution in [0.25, 0.3) is 0 Å². The van der Waals surface area contributed by atoms with Gasteiger partial charge in [0.05, 0.1) is 13.2 Å². The summed E-state index contributed by atoms with van der Waals surface area (Å²) in [6.07, 6.45) is -0.954. The van der Waals surface area contributed by atoms with Crippen LogP contribution >= 0.6 is 0 Å². The van der Waals surface area contributed by atoms with Crippen molar-refractivity contribution in [3.8, 4) is 0 Å². The van der Waals surface area contributed by atoms with E-state index in [0.29, 0.717) is 5.04 Å². The Morgan fingerprint density at radius 2 is 1.13 bits per heavy atom. The summed E-state index contributed by atoms with van der Waals surface area (Å²) in [6.45, 7) is 6.37. The minimum absolute atomic E-state index is 0.364. The highest BCUT2D eigenvalue weighted by atomic mass is 28.3. The normalized spacial score (nSPS) is 11.3. The van der Waals surface area contributed by atoms with E-state index < -0.39 is 14.9 Å². The third-order valence-corrected chi connectivity index (χ3v) is 7.39. The Hall–Kier alpha value is -1.46. The number of benzene rings is 2. The largest absolute Gasteiger partial charge is 0.394 e. The zero-order valence-electron chi connectivity index (χ0n) is 14.2. The molecule has 0 aliphatic rings. The van der Waals surface area contributed by atoms with Gasteiger partial charge in [-0.2, -0.15) is 0 Å². The standard InChI is InChI=1S/C16H20Si.C3H8O3/c1-16(2,3)17(14-10-6-4-7-11-14)15-12-8-5-9-13-15;4-1-3(6)2-5/h4-13,17H,1-3H3;3-6H,1-2H2. The summed E-state index contributed by atoms with van der Waals surface area (Å²) in [7, 11) is -1.14. The molecule has 0 atom stereocenters. The Balaban J connectivity index is 0.000000379. The van der Waals surface area contributed by atoms with Gasteiger partial charge in [-0.25, -0.2) is 0 Å². The molecule has 0 fully saturated rings. The van der Waals surface area contributed by atoms with E-state index in [0.717, 1.165) is 0 Å². The van der Waals surface area contributed by atoms with Gasteiger partial charge in [-0.05, 0) is 5.04 Å². The zero-order chi connectivity index (χ0) is 17.3. The van der Waals surface area contributed by atoms with E-state index in [2.05, 4.69) is 81.4 Å². The molecule has 126 valence electrons. The minimum atomic E-state index is -1.14. The lowest BCUT2D eigenvalue weighted by atomic mass is 10.2. The van der Waals surface area contributed by atoms with Crippen molar-refractivity contribution in [3.05, 3.63) is 60.7 Å². The first-order valence-corrected chi connectivity index (χ1v) is 9.63. The molecule has 0 heterocycles. The number of hydrogen-bond donors (Lipinski definition) is 3. The lowest BCUT2D eigenvalue weighted by molar-refractivity contribution is 0.0450. The molecule has 0 bridgehead atoms. The molecule has 3 N–H and O–H groups in total. The van der Waals surface area contributed by atoms with Gasteiger partial charge < -0.3 is 15.3 Å². The van der Waals surface area contributed by atoms with Crippen LogP contribution in [0.4, 0.5) is 0 Å². The highest BCUT2D eigenvalue weighted by Gasteiger charge is 2.29. The van der Waals surface area contributed by atoms with Gasteiger partial charge >= 0.3 is 0 Å². The summed E-state index contributed by atoms with van der Waals surface area (Å²) in [5, 5.41) is 27.4. The fourth-order valence-electron chi connectivity index (χ4n) is 2.54. The molecule has 0 unspecified atom stereocenters. The molecule has 0 saturated heterocycles. The lowest BCUT2D eigenvalue weighted by Gasteiger charge is -2.30. The van der Waals surface area contributed by atoms with E-state index in [4.69, 9.17) is 15.3 Å². The van der Waals surface area contributed by atoms with Crippen molar-refractivity contribution in [1.29, 1.82) is 0 Å². The van der Waals surface area contributed by atoms with Crippen molar-refractivity contribution in [2.24, 2.45) is 0 Å². The second-order valence-corrected chi connectivity index (χ2v) is 10.6. The third-order valence-electron chi connectivity index (χ3n) is 3.55. The average Bonchev–Trinajstić information content (AvgIpc) is 2.55. The maximum atomic E-state index is 8.17. The molecule has 4 heteroatoms. The minimum Gasteiger partial charge on any atom is -0.394 e. The molecular weight excluding hydrogens is 304 g/mol. The molecule has 0 spiro atoms. The Morgan fingerprint density at radius 3 is 1.35 bits per heavy atom. The predicted octanol–water partition coefficient (Wildman–Crippen LogP) is 1.16. The molecule has 2 aromatic rings. The quantitative estimate of drug-likeness (QED) is 0.737. The molecule has 2 aromatic carbocycles. The Labute approximate surface area is 140 Å². The van der Waals surface area contributed by atoms with Crippen LogP contribution in [0.3, 0.4) is 0 Å². The highest BCUT2D eigenvalue weighted by Crippen LogP contribution is 2.26. The monoisotopic (exact) mass is 332 g/mol. The van der Waals surface area contributed by atoms with Crippen molar-refractivity contribution in [2.75, 3.05) is 13.2 Å². The molecule has 3 nitrogen and oxygen atoms in total. The second kappa shape index (κ2) is 9.63. The van der Waals surface area contributed by atoms with Gasteiger partial charge in [-0.15, -0.1) is 0 Å². The Bertz CT molecular complexity index is 494. The number of aliphatic hydroxyl groups is 3. The van der Waals surface area contributed by atoms with E-state index in [1.165, 1.54) is 10.4 Å². The van der Waals surface area contributed by atoms with Crippen LogP contribution < -0.4 is 10.4 Å². The van der Waals surface area contributed by atoms with Gasteiger partial charge in [-0.3, -0.25) is 0 Å². The maximum absolute atomic E-state index is 8.17. The first-order chi connectivity index (χ1) is 10.9. The molecule has 0 radical (unpaired) electrons. The second-order valence-electron chi connectivity index (χ2n) is 6.64. The molecule has 0 amide bonds. The van der Waals surface area contributed by atoms with Crippen LogP contribution in [0.1, 0.15) is 20.8 Å². The van der Waals surface area contributed by atoms with Crippen molar-refractivity contribution >= 4 is 19.2 Å². The van der Waals surface area contributed by atoms with E-state index in [1.807, 2.05) is 0 Å². The number of hydrogen-bond acceptors (Lipinski definition) is 3. The molecule has 23 heavy (non-hydrogen) atoms. The summed E-state index contributed by atoms with van der Waals surface area (Å²) in [5.74, 6) is 0. The summed E-state index contributed by atoms with van der Waals surface area (Å²) in [4.78, 5) is 0. The van der Waals surface area contributed by atoms with E-state index >= 15 is 0 Å². The van der Waals surface area contributed by atoms with Crippen molar-refractivity contribution in [1.82, 2.24) is 0 Å². The number of rotatable bonds is 4. The Morgan fingerprint density at radius 1 is 0.783 bits per heavy atom. The third kappa shape index (κ3) is 6.67. The smallest absolute Gasteiger partial charge is 0.108 e. The van der Waals surface area contributed by atoms with E-state index in [9.17, 15) is 0 Å². The SMILES string of the molecule is CC(C)(C)[SiH](c1ccccc1)c1ccccc1.OCC(O)CO. The lowest BCUT2D eigenvalue weighted by Crippen LogP contribution is -2.48. The van der Waals surface area contributed by atoms with Gasteiger partial charge in [0.1, 0.15) is 14.9 Å². The number of aliphatic hydroxyl groups excluding tert-OH is 3. The summed E-state index contributed by atoms with van der Waals surface area (Å²) < 4.78 is 0. The topological polar surface area (TPSA) is 60.7 Å².